The molecular formula is C34H41FN2O3. The number of halogens is 1. The van der Waals surface area contributed by atoms with Crippen LogP contribution in [0.15, 0.2) is 54.6 Å². The normalized spacial score (nSPS) is 21.8. The summed E-state index contributed by atoms with van der Waals surface area (Å²) in [4.78, 5) is 2.56. The molecule has 2 aliphatic heterocycles. The van der Waals surface area contributed by atoms with E-state index in [4.69, 9.17) is 9.47 Å². The molecule has 1 atom stereocenters. The van der Waals surface area contributed by atoms with Crippen molar-refractivity contribution in [2.24, 2.45) is 0 Å². The van der Waals surface area contributed by atoms with Crippen molar-refractivity contribution in [2.45, 2.75) is 75.8 Å². The van der Waals surface area contributed by atoms with Crippen LogP contribution < -0.4 is 14.8 Å². The van der Waals surface area contributed by atoms with Crippen molar-refractivity contribution in [3.8, 4) is 17.2 Å². The first kappa shape index (κ1) is 26.9. The van der Waals surface area contributed by atoms with Crippen LogP contribution in [-0.4, -0.2) is 48.9 Å². The molecule has 212 valence electrons. The standard InChI is InChI=1S/C34H41FN2O3/c1-39-30-13-14-31(26-6-5-25-21-29(38)12-7-24(25)20-26)33(22-30)36-16-2-3-23-4-15-34(32(35)19-23)40-18-17-37-27-8-9-28(37)11-10-27/h4,7,12-15,19,21-22,26-28,36,38H,2-3,5-6,8-11,16-18,20H2,1H3/t26-,27?,28?/m1/s1. The van der Waals surface area contributed by atoms with Crippen LogP contribution in [0.25, 0.3) is 0 Å². The summed E-state index contributed by atoms with van der Waals surface area (Å²) in [5.41, 5.74) is 5.96. The highest BCUT2D eigenvalue weighted by Crippen LogP contribution is 2.39. The van der Waals surface area contributed by atoms with Gasteiger partial charge in [-0.1, -0.05) is 18.2 Å². The average Bonchev–Trinajstić information content (AvgIpc) is 3.55. The summed E-state index contributed by atoms with van der Waals surface area (Å²) in [6.07, 6.45) is 9.89. The van der Waals surface area contributed by atoms with E-state index in [1.807, 2.05) is 18.2 Å². The second-order valence-electron chi connectivity index (χ2n) is 11.7. The van der Waals surface area contributed by atoms with Crippen molar-refractivity contribution in [3.63, 3.8) is 0 Å². The number of hydrogen-bond donors (Lipinski definition) is 2. The number of aryl methyl sites for hydroxylation is 2. The number of nitrogens with one attached hydrogen (secondary N) is 1. The lowest BCUT2D eigenvalue weighted by molar-refractivity contribution is 0.190. The second kappa shape index (κ2) is 12.1. The quantitative estimate of drug-likeness (QED) is 0.258. The number of ether oxygens (including phenoxy) is 2. The molecule has 0 radical (unpaired) electrons. The van der Waals surface area contributed by atoms with Crippen LogP contribution in [0.2, 0.25) is 0 Å². The Labute approximate surface area is 237 Å². The highest BCUT2D eigenvalue weighted by molar-refractivity contribution is 5.57. The van der Waals surface area contributed by atoms with Gasteiger partial charge >= 0.3 is 0 Å². The van der Waals surface area contributed by atoms with Crippen LogP contribution in [-0.2, 0) is 19.3 Å². The summed E-state index contributed by atoms with van der Waals surface area (Å²) < 4.78 is 26.1. The van der Waals surface area contributed by atoms with E-state index in [2.05, 4.69) is 28.4 Å². The zero-order valence-corrected chi connectivity index (χ0v) is 23.5. The van der Waals surface area contributed by atoms with Crippen LogP contribution in [0.4, 0.5) is 10.1 Å². The van der Waals surface area contributed by atoms with Crippen molar-refractivity contribution in [1.82, 2.24) is 4.90 Å². The Kier molecular flexibility index (Phi) is 8.15. The van der Waals surface area contributed by atoms with E-state index >= 15 is 0 Å². The van der Waals surface area contributed by atoms with E-state index in [9.17, 15) is 9.50 Å². The Hall–Kier alpha value is -3.25. The van der Waals surface area contributed by atoms with Gasteiger partial charge < -0.3 is 19.9 Å². The predicted octanol–water partition coefficient (Wildman–Crippen LogP) is 6.86. The van der Waals surface area contributed by atoms with Gasteiger partial charge in [-0.15, -0.1) is 0 Å². The fourth-order valence-electron chi connectivity index (χ4n) is 7.16. The minimum Gasteiger partial charge on any atom is -0.508 e. The molecule has 3 aliphatic rings. The van der Waals surface area contributed by atoms with Gasteiger partial charge in [0, 0.05) is 36.9 Å². The first-order valence-electron chi connectivity index (χ1n) is 15.0. The minimum absolute atomic E-state index is 0.268. The number of hydrogen-bond acceptors (Lipinski definition) is 5. The van der Waals surface area contributed by atoms with Crippen LogP contribution >= 0.6 is 0 Å². The van der Waals surface area contributed by atoms with E-state index in [0.717, 1.165) is 74.3 Å². The minimum atomic E-state index is -0.268. The fraction of sp³-hybridized carbons (Fsp3) is 0.471. The summed E-state index contributed by atoms with van der Waals surface area (Å²) in [7, 11) is 1.69. The van der Waals surface area contributed by atoms with Gasteiger partial charge in [0.15, 0.2) is 11.6 Å². The molecule has 6 heteroatoms. The number of anilines is 1. The molecule has 0 amide bonds. The third kappa shape index (κ3) is 5.92. The zero-order valence-electron chi connectivity index (χ0n) is 23.5. The molecule has 2 bridgehead atoms. The first-order chi connectivity index (χ1) is 19.6. The molecule has 0 aromatic heterocycles. The molecule has 1 aliphatic carbocycles. The van der Waals surface area contributed by atoms with E-state index in [0.29, 0.717) is 24.0 Å². The lowest BCUT2D eigenvalue weighted by Gasteiger charge is -2.27. The number of phenols is 1. The molecule has 2 N–H and O–H groups in total. The maximum Gasteiger partial charge on any atom is 0.165 e. The molecule has 40 heavy (non-hydrogen) atoms. The lowest BCUT2D eigenvalue weighted by atomic mass is 9.79. The maximum atomic E-state index is 14.8. The van der Waals surface area contributed by atoms with Crippen LogP contribution in [0.3, 0.4) is 0 Å². The largest absolute Gasteiger partial charge is 0.508 e. The van der Waals surface area contributed by atoms with Gasteiger partial charge in [0.25, 0.3) is 0 Å². The van der Waals surface area contributed by atoms with Crippen LogP contribution in [0.1, 0.15) is 66.7 Å². The van der Waals surface area contributed by atoms with Gasteiger partial charge in [-0.05, 0) is 116 Å². The molecule has 0 spiro atoms. The summed E-state index contributed by atoms with van der Waals surface area (Å²) >= 11 is 0. The molecule has 2 fully saturated rings. The molecule has 2 heterocycles. The third-order valence-corrected chi connectivity index (χ3v) is 9.28. The monoisotopic (exact) mass is 544 g/mol. The molecule has 2 saturated heterocycles. The Morgan fingerprint density at radius 2 is 1.77 bits per heavy atom. The Morgan fingerprint density at radius 1 is 0.950 bits per heavy atom. The number of benzene rings is 3. The number of rotatable bonds is 11. The van der Waals surface area contributed by atoms with Crippen molar-refractivity contribution < 1.29 is 19.0 Å². The summed E-state index contributed by atoms with van der Waals surface area (Å²) in [6, 6.07) is 18.9. The average molecular weight is 545 g/mol. The van der Waals surface area contributed by atoms with Gasteiger partial charge in [0.05, 0.1) is 7.11 Å². The van der Waals surface area contributed by atoms with Crippen molar-refractivity contribution in [2.75, 3.05) is 32.1 Å². The van der Waals surface area contributed by atoms with E-state index in [1.165, 1.54) is 42.4 Å². The van der Waals surface area contributed by atoms with Gasteiger partial charge in [-0.2, -0.15) is 0 Å². The fourth-order valence-corrected chi connectivity index (χ4v) is 7.16. The molecule has 3 aromatic carbocycles. The maximum absolute atomic E-state index is 14.8. The molecule has 3 aromatic rings. The summed E-state index contributed by atoms with van der Waals surface area (Å²) in [6.45, 7) is 2.23. The summed E-state index contributed by atoms with van der Waals surface area (Å²) in [5, 5.41) is 13.5. The van der Waals surface area contributed by atoms with Gasteiger partial charge in [0.2, 0.25) is 0 Å². The highest BCUT2D eigenvalue weighted by Gasteiger charge is 2.38. The van der Waals surface area contributed by atoms with Gasteiger partial charge in [-0.3, -0.25) is 4.90 Å². The van der Waals surface area contributed by atoms with Gasteiger partial charge in [-0.25, -0.2) is 4.39 Å². The van der Waals surface area contributed by atoms with Crippen LogP contribution in [0, 0.1) is 5.82 Å². The molecule has 0 unspecified atom stereocenters. The Morgan fingerprint density at radius 3 is 2.55 bits per heavy atom. The molecule has 5 nitrogen and oxygen atoms in total. The SMILES string of the molecule is COc1ccc([C@@H]2CCc3cc(O)ccc3C2)c(NCCCc2ccc(OCCN3C4CCC3CC4)c(F)c2)c1. The predicted molar refractivity (Wildman–Crippen MR) is 157 cm³/mol. The Bertz CT molecular complexity index is 1310. The third-order valence-electron chi connectivity index (χ3n) is 9.28. The van der Waals surface area contributed by atoms with Crippen molar-refractivity contribution >= 4 is 5.69 Å². The molecular weight excluding hydrogens is 503 g/mol. The van der Waals surface area contributed by atoms with Crippen molar-refractivity contribution in [3.05, 3.63) is 82.7 Å². The van der Waals surface area contributed by atoms with Crippen LogP contribution in [0.5, 0.6) is 17.2 Å². The summed E-state index contributed by atoms with van der Waals surface area (Å²) in [5.74, 6) is 1.68. The van der Waals surface area contributed by atoms with E-state index < -0.39 is 0 Å². The van der Waals surface area contributed by atoms with E-state index in [1.54, 1.807) is 25.3 Å². The zero-order chi connectivity index (χ0) is 27.5. The smallest absolute Gasteiger partial charge is 0.165 e. The Balaban J connectivity index is 1.01. The number of fused-ring (bicyclic) bond motifs is 3. The number of phenolic OH excluding ortho intramolecular Hbond substituents is 1. The molecule has 6 rings (SSSR count). The topological polar surface area (TPSA) is 54.0 Å². The number of methoxy groups -OCH3 is 1. The second-order valence-corrected chi connectivity index (χ2v) is 11.7. The highest BCUT2D eigenvalue weighted by atomic mass is 19.1. The molecule has 0 saturated carbocycles. The number of aromatic hydroxyl groups is 1. The van der Waals surface area contributed by atoms with Crippen molar-refractivity contribution in [1.29, 1.82) is 0 Å². The van der Waals surface area contributed by atoms with Gasteiger partial charge in [0.1, 0.15) is 18.1 Å². The van der Waals surface area contributed by atoms with E-state index in [-0.39, 0.29) is 5.82 Å². The first-order valence-corrected chi connectivity index (χ1v) is 15.0. The lowest BCUT2D eigenvalue weighted by Crippen LogP contribution is -2.32. The number of nitrogens with zero attached hydrogens (tertiary/aromatic N) is 1.